The maximum absolute atomic E-state index is 6.28. The first-order valence-corrected chi connectivity index (χ1v) is 10.4. The van der Waals surface area contributed by atoms with Crippen molar-refractivity contribution in [3.8, 4) is 0 Å². The van der Waals surface area contributed by atoms with Gasteiger partial charge in [0, 0.05) is 18.2 Å². The lowest BCUT2D eigenvalue weighted by Gasteiger charge is -2.53. The van der Waals surface area contributed by atoms with Gasteiger partial charge in [-0.25, -0.2) is 0 Å². The molecule has 20 heavy (non-hydrogen) atoms. The molecule has 0 spiro atoms. The Bertz CT molecular complexity index is 294. The molecule has 0 aromatic heterocycles. The first-order valence-electron chi connectivity index (χ1n) is 7.84. The Balaban J connectivity index is 2.69. The van der Waals surface area contributed by atoms with Crippen LogP contribution in [0.25, 0.3) is 0 Å². The van der Waals surface area contributed by atoms with Crippen LogP contribution >= 0.6 is 0 Å². The fraction of sp³-hybridized carbons (Fsp3) is 1.00. The van der Waals surface area contributed by atoms with Gasteiger partial charge in [-0.2, -0.15) is 0 Å². The van der Waals surface area contributed by atoms with Crippen molar-refractivity contribution in [2.45, 2.75) is 77.0 Å². The molecule has 0 amide bonds. The number of nitrogens with zero attached hydrogens (tertiary/aromatic N) is 1. The van der Waals surface area contributed by atoms with Crippen molar-refractivity contribution in [2.24, 2.45) is 5.73 Å². The first-order chi connectivity index (χ1) is 9.17. The summed E-state index contributed by atoms with van der Waals surface area (Å²) in [4.78, 5) is 2.51. The lowest BCUT2D eigenvalue weighted by Crippen LogP contribution is -2.60. The number of hydrogen-bond donors (Lipinski definition) is 1. The van der Waals surface area contributed by atoms with Gasteiger partial charge in [-0.05, 0) is 72.5 Å². The van der Waals surface area contributed by atoms with Crippen LogP contribution in [-0.4, -0.2) is 44.9 Å². The summed E-state index contributed by atoms with van der Waals surface area (Å²) in [5.41, 5.74) is 6.00. The first kappa shape index (κ1) is 18.1. The zero-order valence-electron chi connectivity index (χ0n) is 14.3. The standard InChI is InChI=1S/C15H34N2O2Si/c1-14(2)9-7-10-15(3,4)17(14)13-19-20(6,18-5)12-8-11-16/h7-13,16H2,1-6H3. The number of nitrogens with two attached hydrogens (primary N) is 1. The average molecular weight is 303 g/mol. The van der Waals surface area contributed by atoms with Gasteiger partial charge in [0.15, 0.2) is 0 Å². The van der Waals surface area contributed by atoms with Crippen LogP contribution in [0.3, 0.4) is 0 Å². The molecule has 1 heterocycles. The monoisotopic (exact) mass is 302 g/mol. The molecule has 1 unspecified atom stereocenters. The third-order valence-electron chi connectivity index (χ3n) is 4.80. The molecule has 1 fully saturated rings. The molecule has 0 aromatic carbocycles. The van der Waals surface area contributed by atoms with Crippen molar-refractivity contribution >= 4 is 8.56 Å². The second kappa shape index (κ2) is 6.88. The van der Waals surface area contributed by atoms with Gasteiger partial charge < -0.3 is 14.6 Å². The van der Waals surface area contributed by atoms with Crippen LogP contribution in [0.2, 0.25) is 12.6 Å². The van der Waals surface area contributed by atoms with E-state index in [1.807, 2.05) is 0 Å². The minimum Gasteiger partial charge on any atom is -0.398 e. The third kappa shape index (κ3) is 4.53. The third-order valence-corrected chi connectivity index (χ3v) is 7.67. The summed E-state index contributed by atoms with van der Waals surface area (Å²) in [5, 5.41) is 0. The Labute approximate surface area is 126 Å². The van der Waals surface area contributed by atoms with E-state index in [-0.39, 0.29) is 11.1 Å². The van der Waals surface area contributed by atoms with Crippen molar-refractivity contribution in [3.05, 3.63) is 0 Å². The van der Waals surface area contributed by atoms with E-state index in [0.29, 0.717) is 13.3 Å². The van der Waals surface area contributed by atoms with Gasteiger partial charge in [0.2, 0.25) is 0 Å². The molecule has 1 atom stereocenters. The van der Waals surface area contributed by atoms with Crippen LogP contribution < -0.4 is 5.73 Å². The zero-order chi connectivity index (χ0) is 15.4. The predicted octanol–water partition coefficient (Wildman–Crippen LogP) is 3.07. The van der Waals surface area contributed by atoms with Gasteiger partial charge in [0.05, 0.1) is 6.73 Å². The lowest BCUT2D eigenvalue weighted by atomic mass is 9.80. The second-order valence-corrected chi connectivity index (χ2v) is 10.9. The average Bonchev–Trinajstić information content (AvgIpc) is 2.34. The van der Waals surface area contributed by atoms with E-state index in [0.717, 1.165) is 12.5 Å². The van der Waals surface area contributed by atoms with Gasteiger partial charge in [0.25, 0.3) is 0 Å². The molecule has 0 radical (unpaired) electrons. The highest BCUT2D eigenvalue weighted by Gasteiger charge is 2.42. The molecular formula is C15H34N2O2Si. The van der Waals surface area contributed by atoms with E-state index in [9.17, 15) is 0 Å². The maximum atomic E-state index is 6.28. The van der Waals surface area contributed by atoms with Crippen LogP contribution in [0, 0.1) is 0 Å². The Kier molecular flexibility index (Phi) is 6.23. The zero-order valence-corrected chi connectivity index (χ0v) is 15.3. The van der Waals surface area contributed by atoms with E-state index in [1.54, 1.807) is 7.11 Å². The summed E-state index contributed by atoms with van der Waals surface area (Å²) in [6.45, 7) is 12.8. The molecule has 0 saturated carbocycles. The Morgan fingerprint density at radius 1 is 1.15 bits per heavy atom. The molecule has 1 saturated heterocycles. The lowest BCUT2D eigenvalue weighted by molar-refractivity contribution is -0.0808. The number of likely N-dealkylation sites (tertiary alicyclic amines) is 1. The van der Waals surface area contributed by atoms with Crippen molar-refractivity contribution in [1.29, 1.82) is 0 Å². The highest BCUT2D eigenvalue weighted by atomic mass is 28.4. The van der Waals surface area contributed by atoms with E-state index in [4.69, 9.17) is 14.6 Å². The molecule has 0 aromatic rings. The molecule has 1 aliphatic heterocycles. The topological polar surface area (TPSA) is 47.7 Å². The molecule has 1 aliphatic rings. The van der Waals surface area contributed by atoms with Gasteiger partial charge in [-0.3, -0.25) is 4.90 Å². The summed E-state index contributed by atoms with van der Waals surface area (Å²) < 4.78 is 12.0. The number of piperidine rings is 1. The van der Waals surface area contributed by atoms with Gasteiger partial charge >= 0.3 is 8.56 Å². The highest BCUT2D eigenvalue weighted by molar-refractivity contribution is 6.65. The smallest absolute Gasteiger partial charge is 0.335 e. The van der Waals surface area contributed by atoms with Crippen LogP contribution in [0.1, 0.15) is 53.4 Å². The highest BCUT2D eigenvalue weighted by Crippen LogP contribution is 2.38. The molecule has 0 aliphatic carbocycles. The molecule has 0 bridgehead atoms. The van der Waals surface area contributed by atoms with Gasteiger partial charge in [0.1, 0.15) is 0 Å². The van der Waals surface area contributed by atoms with Crippen molar-refractivity contribution in [1.82, 2.24) is 4.90 Å². The Morgan fingerprint density at radius 2 is 1.70 bits per heavy atom. The molecule has 1 rings (SSSR count). The quantitative estimate of drug-likeness (QED) is 0.734. The van der Waals surface area contributed by atoms with Crippen LogP contribution in [0.4, 0.5) is 0 Å². The Morgan fingerprint density at radius 3 is 2.15 bits per heavy atom. The summed E-state index contributed by atoms with van der Waals surface area (Å²) in [7, 11) is -0.302. The molecule has 4 nitrogen and oxygen atoms in total. The summed E-state index contributed by atoms with van der Waals surface area (Å²) in [6, 6.07) is 0.967. The molecular weight excluding hydrogens is 268 g/mol. The van der Waals surface area contributed by atoms with Crippen molar-refractivity contribution in [2.75, 3.05) is 20.4 Å². The number of hydrogen-bond acceptors (Lipinski definition) is 4. The number of rotatable bonds is 7. The molecule has 120 valence electrons. The van der Waals surface area contributed by atoms with E-state index in [2.05, 4.69) is 39.1 Å². The van der Waals surface area contributed by atoms with Crippen LogP contribution in [-0.2, 0) is 8.85 Å². The normalized spacial score (nSPS) is 25.4. The summed E-state index contributed by atoms with van der Waals surface area (Å²) in [6.07, 6.45) is 4.73. The molecule has 5 heteroatoms. The van der Waals surface area contributed by atoms with Gasteiger partial charge in [-0.15, -0.1) is 0 Å². The second-order valence-electron chi connectivity index (χ2n) is 7.41. The van der Waals surface area contributed by atoms with E-state index < -0.39 is 8.56 Å². The minimum absolute atomic E-state index is 0.193. The fourth-order valence-electron chi connectivity index (χ4n) is 3.25. The largest absolute Gasteiger partial charge is 0.398 e. The van der Waals surface area contributed by atoms with Crippen molar-refractivity contribution < 1.29 is 8.85 Å². The van der Waals surface area contributed by atoms with Crippen LogP contribution in [0.5, 0.6) is 0 Å². The van der Waals surface area contributed by atoms with Crippen molar-refractivity contribution in [3.63, 3.8) is 0 Å². The summed E-state index contributed by atoms with van der Waals surface area (Å²) in [5.74, 6) is 0. The minimum atomic E-state index is -2.08. The van der Waals surface area contributed by atoms with Crippen LogP contribution in [0.15, 0.2) is 0 Å². The maximum Gasteiger partial charge on any atom is 0.335 e. The predicted molar refractivity (Wildman–Crippen MR) is 86.9 cm³/mol. The van der Waals surface area contributed by atoms with E-state index >= 15 is 0 Å². The van der Waals surface area contributed by atoms with E-state index in [1.165, 1.54) is 19.3 Å². The van der Waals surface area contributed by atoms with Gasteiger partial charge in [-0.1, -0.05) is 0 Å². The fourth-order valence-corrected chi connectivity index (χ4v) is 4.96. The molecule has 2 N–H and O–H groups in total. The summed E-state index contributed by atoms with van der Waals surface area (Å²) >= 11 is 0. The SMILES string of the molecule is CO[Si](C)(CCCN)OCN1C(C)(C)CCCC1(C)C. The Hall–Kier alpha value is 0.0569.